The van der Waals surface area contributed by atoms with E-state index in [9.17, 15) is 0 Å². The van der Waals surface area contributed by atoms with Crippen LogP contribution in [0.25, 0.3) is 10.6 Å². The molecular formula is C17H17N3S. The van der Waals surface area contributed by atoms with E-state index in [4.69, 9.17) is 4.98 Å². The van der Waals surface area contributed by atoms with Gasteiger partial charge in [0.05, 0.1) is 11.4 Å². The van der Waals surface area contributed by atoms with Crippen molar-refractivity contribution in [1.82, 2.24) is 14.9 Å². The van der Waals surface area contributed by atoms with Crippen molar-refractivity contribution in [1.29, 1.82) is 0 Å². The second-order valence-corrected chi connectivity index (χ2v) is 5.86. The number of nitrogens with zero attached hydrogens (tertiary/aromatic N) is 3. The van der Waals surface area contributed by atoms with Gasteiger partial charge in [-0.25, -0.2) is 4.98 Å². The van der Waals surface area contributed by atoms with Crippen molar-refractivity contribution in [2.45, 2.75) is 13.1 Å². The lowest BCUT2D eigenvalue weighted by molar-refractivity contribution is 0.312. The van der Waals surface area contributed by atoms with Gasteiger partial charge in [0.25, 0.3) is 0 Å². The van der Waals surface area contributed by atoms with E-state index in [0.29, 0.717) is 0 Å². The molecule has 0 amide bonds. The Hall–Kier alpha value is -2.04. The first kappa shape index (κ1) is 13.9. The fourth-order valence-corrected chi connectivity index (χ4v) is 3.01. The van der Waals surface area contributed by atoms with Crippen LogP contribution in [0.15, 0.2) is 60.1 Å². The molecule has 2 aromatic heterocycles. The van der Waals surface area contributed by atoms with Gasteiger partial charge >= 0.3 is 0 Å². The number of thiazole rings is 1. The van der Waals surface area contributed by atoms with Gasteiger partial charge in [-0.1, -0.05) is 36.4 Å². The third kappa shape index (κ3) is 3.74. The number of hydrogen-bond acceptors (Lipinski definition) is 4. The van der Waals surface area contributed by atoms with Crippen molar-refractivity contribution in [3.8, 4) is 10.6 Å². The van der Waals surface area contributed by atoms with Crippen LogP contribution in [0.1, 0.15) is 11.4 Å². The van der Waals surface area contributed by atoms with Gasteiger partial charge in [0.1, 0.15) is 5.01 Å². The van der Waals surface area contributed by atoms with Gasteiger partial charge in [-0.3, -0.25) is 9.88 Å². The highest BCUT2D eigenvalue weighted by molar-refractivity contribution is 7.13. The highest BCUT2D eigenvalue weighted by atomic mass is 32.1. The van der Waals surface area contributed by atoms with Gasteiger partial charge < -0.3 is 0 Å². The molecule has 3 aromatic rings. The molecule has 0 fully saturated rings. The van der Waals surface area contributed by atoms with E-state index < -0.39 is 0 Å². The fourth-order valence-electron chi connectivity index (χ4n) is 2.19. The van der Waals surface area contributed by atoms with Crippen molar-refractivity contribution in [2.75, 3.05) is 7.05 Å². The molecule has 3 rings (SSSR count). The topological polar surface area (TPSA) is 29.0 Å². The monoisotopic (exact) mass is 295 g/mol. The Morgan fingerprint density at radius 2 is 1.71 bits per heavy atom. The molecule has 0 spiro atoms. The predicted octanol–water partition coefficient (Wildman–Crippen LogP) is 3.84. The first-order valence-electron chi connectivity index (χ1n) is 6.89. The first-order valence-corrected chi connectivity index (χ1v) is 7.77. The van der Waals surface area contributed by atoms with E-state index in [1.807, 2.05) is 42.6 Å². The summed E-state index contributed by atoms with van der Waals surface area (Å²) in [5.74, 6) is 0. The number of rotatable bonds is 5. The summed E-state index contributed by atoms with van der Waals surface area (Å²) in [6.07, 6.45) is 1.83. The van der Waals surface area contributed by atoms with Crippen LogP contribution < -0.4 is 0 Å². The van der Waals surface area contributed by atoms with E-state index in [1.54, 1.807) is 11.3 Å². The highest BCUT2D eigenvalue weighted by Gasteiger charge is 2.07. The number of hydrogen-bond donors (Lipinski definition) is 0. The molecule has 21 heavy (non-hydrogen) atoms. The van der Waals surface area contributed by atoms with Gasteiger partial charge in [0.15, 0.2) is 0 Å². The Morgan fingerprint density at radius 3 is 2.48 bits per heavy atom. The van der Waals surface area contributed by atoms with Crippen LogP contribution in [0.3, 0.4) is 0 Å². The molecule has 106 valence electrons. The van der Waals surface area contributed by atoms with Gasteiger partial charge in [-0.2, -0.15) is 0 Å². The molecule has 0 aliphatic rings. The van der Waals surface area contributed by atoms with E-state index in [1.165, 1.54) is 5.56 Å². The third-order valence-corrected chi connectivity index (χ3v) is 4.10. The van der Waals surface area contributed by atoms with Crippen molar-refractivity contribution >= 4 is 11.3 Å². The van der Waals surface area contributed by atoms with Crippen molar-refractivity contribution in [3.63, 3.8) is 0 Å². The Kier molecular flexibility index (Phi) is 4.38. The molecule has 0 aliphatic carbocycles. The quantitative estimate of drug-likeness (QED) is 0.716. The van der Waals surface area contributed by atoms with Crippen molar-refractivity contribution < 1.29 is 0 Å². The van der Waals surface area contributed by atoms with E-state index in [-0.39, 0.29) is 0 Å². The minimum absolute atomic E-state index is 0.832. The number of benzene rings is 1. The number of pyridine rings is 1. The summed E-state index contributed by atoms with van der Waals surface area (Å²) in [7, 11) is 2.09. The van der Waals surface area contributed by atoms with Crippen LogP contribution >= 0.6 is 11.3 Å². The average Bonchev–Trinajstić information content (AvgIpc) is 2.97. The summed E-state index contributed by atoms with van der Waals surface area (Å²) >= 11 is 1.70. The van der Waals surface area contributed by atoms with Gasteiger partial charge in [-0.15, -0.1) is 11.3 Å². The molecule has 0 unspecified atom stereocenters. The molecule has 4 heteroatoms. The highest BCUT2D eigenvalue weighted by Crippen LogP contribution is 2.23. The zero-order valence-electron chi connectivity index (χ0n) is 11.9. The molecule has 1 aromatic carbocycles. The van der Waals surface area contributed by atoms with Crippen molar-refractivity contribution in [3.05, 3.63) is 71.5 Å². The summed E-state index contributed by atoms with van der Waals surface area (Å²) in [6, 6.07) is 16.3. The minimum Gasteiger partial charge on any atom is -0.295 e. The molecule has 0 saturated carbocycles. The summed E-state index contributed by atoms with van der Waals surface area (Å²) in [5.41, 5.74) is 3.37. The average molecular weight is 295 g/mol. The lowest BCUT2D eigenvalue weighted by Crippen LogP contribution is -2.18. The Bertz CT molecular complexity index is 680. The van der Waals surface area contributed by atoms with Crippen LogP contribution in [0.2, 0.25) is 0 Å². The predicted molar refractivity (Wildman–Crippen MR) is 87.0 cm³/mol. The zero-order chi connectivity index (χ0) is 14.5. The standard InChI is InChI=1S/C17H17N3S/c1-20(11-15-9-5-6-10-18-15)12-16-13-21-17(19-16)14-7-3-2-4-8-14/h2-10,13H,11-12H2,1H3. The van der Waals surface area contributed by atoms with Crippen LogP contribution in [-0.2, 0) is 13.1 Å². The summed E-state index contributed by atoms with van der Waals surface area (Å²) in [4.78, 5) is 11.3. The maximum atomic E-state index is 4.72. The van der Waals surface area contributed by atoms with Crippen LogP contribution in [0.4, 0.5) is 0 Å². The Morgan fingerprint density at radius 1 is 0.952 bits per heavy atom. The molecule has 0 N–H and O–H groups in total. The number of aromatic nitrogens is 2. The Balaban J connectivity index is 1.65. The van der Waals surface area contributed by atoms with Gasteiger partial charge in [0.2, 0.25) is 0 Å². The molecule has 0 aliphatic heterocycles. The maximum absolute atomic E-state index is 4.72. The summed E-state index contributed by atoms with van der Waals surface area (Å²) in [6.45, 7) is 1.67. The summed E-state index contributed by atoms with van der Waals surface area (Å²) in [5, 5.41) is 3.22. The minimum atomic E-state index is 0.832. The Labute approximate surface area is 128 Å². The normalized spacial score (nSPS) is 11.0. The first-order chi connectivity index (χ1) is 10.3. The zero-order valence-corrected chi connectivity index (χ0v) is 12.8. The van der Waals surface area contributed by atoms with Crippen LogP contribution in [-0.4, -0.2) is 21.9 Å². The molecule has 0 bridgehead atoms. The van der Waals surface area contributed by atoms with E-state index in [2.05, 4.69) is 34.4 Å². The van der Waals surface area contributed by atoms with Crippen molar-refractivity contribution in [2.24, 2.45) is 0 Å². The van der Waals surface area contributed by atoms with Gasteiger partial charge in [-0.05, 0) is 19.2 Å². The molecule has 2 heterocycles. The second-order valence-electron chi connectivity index (χ2n) is 5.00. The molecule has 0 saturated heterocycles. The lowest BCUT2D eigenvalue weighted by atomic mass is 10.2. The van der Waals surface area contributed by atoms with E-state index >= 15 is 0 Å². The third-order valence-electron chi connectivity index (χ3n) is 3.16. The fraction of sp³-hybridized carbons (Fsp3) is 0.176. The molecular weight excluding hydrogens is 278 g/mol. The molecule has 0 atom stereocenters. The maximum Gasteiger partial charge on any atom is 0.123 e. The van der Waals surface area contributed by atoms with E-state index in [0.717, 1.165) is 29.5 Å². The molecule has 0 radical (unpaired) electrons. The van der Waals surface area contributed by atoms with Crippen LogP contribution in [0.5, 0.6) is 0 Å². The molecule has 3 nitrogen and oxygen atoms in total. The lowest BCUT2D eigenvalue weighted by Gasteiger charge is -2.14. The largest absolute Gasteiger partial charge is 0.295 e. The van der Waals surface area contributed by atoms with Gasteiger partial charge in [0, 0.05) is 30.2 Å². The second kappa shape index (κ2) is 6.61. The summed E-state index contributed by atoms with van der Waals surface area (Å²) < 4.78 is 0. The smallest absolute Gasteiger partial charge is 0.123 e. The SMILES string of the molecule is CN(Cc1ccccn1)Cc1csc(-c2ccccc2)n1. The van der Waals surface area contributed by atoms with Crippen LogP contribution in [0, 0.1) is 0 Å².